The second-order valence-electron chi connectivity index (χ2n) is 4.56. The molecule has 1 fully saturated rings. The summed E-state index contributed by atoms with van der Waals surface area (Å²) >= 11 is 8.50. The first kappa shape index (κ1) is 13.8. The molecule has 0 amide bonds. The second kappa shape index (κ2) is 5.99. The molecule has 2 atom stereocenters. The fourth-order valence-corrected chi connectivity index (χ4v) is 2.69. The number of nitrogens with two attached hydrogens (primary N) is 1. The quantitative estimate of drug-likeness (QED) is 0.834. The number of rotatable bonds is 4. The molecule has 1 aromatic rings. The summed E-state index contributed by atoms with van der Waals surface area (Å²) in [7, 11) is 0. The smallest absolute Gasteiger partial charge is 0.106 e. The molecule has 0 aliphatic carbocycles. The highest BCUT2D eigenvalue weighted by atomic mass is 79.9. The normalized spacial score (nSPS) is 23.0. The molecule has 98 valence electrons. The van der Waals surface area contributed by atoms with Crippen molar-refractivity contribution >= 4 is 38.8 Å². The van der Waals surface area contributed by atoms with Gasteiger partial charge in [0, 0.05) is 34.8 Å². The molecule has 0 radical (unpaired) electrons. The number of anilines is 1. The summed E-state index contributed by atoms with van der Waals surface area (Å²) in [5.74, 6) is 0.549. The van der Waals surface area contributed by atoms with Crippen LogP contribution in [-0.2, 0) is 4.74 Å². The van der Waals surface area contributed by atoms with E-state index in [0.29, 0.717) is 17.0 Å². The molecule has 2 rings (SSSR count). The zero-order valence-electron chi connectivity index (χ0n) is 10.3. The Morgan fingerprint density at radius 2 is 2.39 bits per heavy atom. The summed E-state index contributed by atoms with van der Waals surface area (Å²) in [5.41, 5.74) is 7.61. The Kier molecular flexibility index (Phi) is 4.59. The molecule has 1 aromatic carbocycles. The van der Waals surface area contributed by atoms with Gasteiger partial charge in [-0.25, -0.2) is 0 Å². The van der Waals surface area contributed by atoms with Crippen LogP contribution in [0.2, 0.25) is 0 Å². The van der Waals surface area contributed by atoms with Crippen LogP contribution in [0.25, 0.3) is 0 Å². The van der Waals surface area contributed by atoms with Crippen molar-refractivity contribution in [2.75, 3.05) is 18.5 Å². The van der Waals surface area contributed by atoms with Crippen LogP contribution in [0.5, 0.6) is 0 Å². The van der Waals surface area contributed by atoms with Gasteiger partial charge in [-0.1, -0.05) is 28.1 Å². The van der Waals surface area contributed by atoms with Crippen LogP contribution in [0.3, 0.4) is 0 Å². The SMILES string of the molecule is CC1OCCC1CNc1ccc(Br)cc1C(N)=S. The Bertz CT molecular complexity index is 453. The first-order chi connectivity index (χ1) is 8.58. The van der Waals surface area contributed by atoms with E-state index < -0.39 is 0 Å². The number of halogens is 1. The molecular formula is C13H17BrN2OS. The van der Waals surface area contributed by atoms with Gasteiger partial charge in [-0.3, -0.25) is 0 Å². The average molecular weight is 329 g/mol. The highest BCUT2D eigenvalue weighted by Gasteiger charge is 2.24. The Morgan fingerprint density at radius 3 is 3.00 bits per heavy atom. The zero-order valence-corrected chi connectivity index (χ0v) is 12.7. The summed E-state index contributed by atoms with van der Waals surface area (Å²) in [6, 6.07) is 5.93. The highest BCUT2D eigenvalue weighted by Crippen LogP contribution is 2.24. The summed E-state index contributed by atoms with van der Waals surface area (Å²) in [4.78, 5) is 0.412. The fourth-order valence-electron chi connectivity index (χ4n) is 2.16. The minimum atomic E-state index is 0.321. The molecule has 0 saturated carbocycles. The van der Waals surface area contributed by atoms with E-state index in [1.807, 2.05) is 18.2 Å². The third-order valence-electron chi connectivity index (χ3n) is 3.34. The third kappa shape index (κ3) is 3.22. The molecule has 0 bridgehead atoms. The molecule has 1 aliphatic heterocycles. The lowest BCUT2D eigenvalue weighted by atomic mass is 10.0. The van der Waals surface area contributed by atoms with Crippen molar-refractivity contribution < 1.29 is 4.74 Å². The van der Waals surface area contributed by atoms with Gasteiger partial charge >= 0.3 is 0 Å². The lowest BCUT2D eigenvalue weighted by Crippen LogP contribution is -2.22. The van der Waals surface area contributed by atoms with Crippen molar-refractivity contribution in [3.05, 3.63) is 28.2 Å². The van der Waals surface area contributed by atoms with E-state index in [2.05, 4.69) is 28.2 Å². The van der Waals surface area contributed by atoms with Crippen molar-refractivity contribution in [3.8, 4) is 0 Å². The maximum Gasteiger partial charge on any atom is 0.106 e. The Balaban J connectivity index is 2.06. The number of nitrogens with one attached hydrogen (secondary N) is 1. The van der Waals surface area contributed by atoms with Crippen LogP contribution in [0.15, 0.2) is 22.7 Å². The molecule has 0 aromatic heterocycles. The molecule has 2 unspecified atom stereocenters. The predicted octanol–water partition coefficient (Wildman–Crippen LogP) is 2.92. The largest absolute Gasteiger partial charge is 0.389 e. The van der Waals surface area contributed by atoms with Gasteiger partial charge in [0.25, 0.3) is 0 Å². The topological polar surface area (TPSA) is 47.3 Å². The van der Waals surface area contributed by atoms with Gasteiger partial charge in [0.2, 0.25) is 0 Å². The van der Waals surface area contributed by atoms with Gasteiger partial charge < -0.3 is 15.8 Å². The predicted molar refractivity (Wildman–Crippen MR) is 82.0 cm³/mol. The van der Waals surface area contributed by atoms with Gasteiger partial charge in [0.15, 0.2) is 0 Å². The maximum atomic E-state index is 5.74. The van der Waals surface area contributed by atoms with Gasteiger partial charge in [-0.15, -0.1) is 0 Å². The van der Waals surface area contributed by atoms with Crippen LogP contribution in [-0.4, -0.2) is 24.2 Å². The first-order valence-electron chi connectivity index (χ1n) is 6.02. The molecule has 18 heavy (non-hydrogen) atoms. The molecule has 1 aliphatic rings. The van der Waals surface area contributed by atoms with Gasteiger partial charge in [0.05, 0.1) is 6.10 Å². The first-order valence-corrected chi connectivity index (χ1v) is 7.23. The van der Waals surface area contributed by atoms with Gasteiger partial charge in [-0.05, 0) is 31.5 Å². The van der Waals surface area contributed by atoms with Crippen molar-refractivity contribution in [3.63, 3.8) is 0 Å². The summed E-state index contributed by atoms with van der Waals surface area (Å²) in [6.45, 7) is 3.86. The average Bonchev–Trinajstić information content (AvgIpc) is 2.73. The molecule has 5 heteroatoms. The van der Waals surface area contributed by atoms with Gasteiger partial charge in [0.1, 0.15) is 4.99 Å². The number of hydrogen-bond acceptors (Lipinski definition) is 3. The summed E-state index contributed by atoms with van der Waals surface area (Å²) in [5, 5.41) is 3.43. The molecule has 1 heterocycles. The minimum Gasteiger partial charge on any atom is -0.389 e. The number of thiocarbonyl (C=S) groups is 1. The lowest BCUT2D eigenvalue weighted by molar-refractivity contribution is 0.108. The second-order valence-corrected chi connectivity index (χ2v) is 5.92. The minimum absolute atomic E-state index is 0.321. The number of ether oxygens (including phenoxy) is 1. The highest BCUT2D eigenvalue weighted by molar-refractivity contribution is 9.10. The Hall–Kier alpha value is -0.650. The summed E-state index contributed by atoms with van der Waals surface area (Å²) < 4.78 is 6.53. The van der Waals surface area contributed by atoms with E-state index in [4.69, 9.17) is 22.7 Å². The molecule has 3 N–H and O–H groups in total. The van der Waals surface area contributed by atoms with Crippen LogP contribution in [0, 0.1) is 5.92 Å². The monoisotopic (exact) mass is 328 g/mol. The molecule has 0 spiro atoms. The van der Waals surface area contributed by atoms with Crippen LogP contribution in [0.1, 0.15) is 18.9 Å². The number of hydrogen-bond donors (Lipinski definition) is 2. The van der Waals surface area contributed by atoms with Crippen molar-refractivity contribution in [1.29, 1.82) is 0 Å². The van der Waals surface area contributed by atoms with Crippen LogP contribution < -0.4 is 11.1 Å². The standard InChI is InChI=1S/C13H17BrN2OS/c1-8-9(4-5-17-8)7-16-12-3-2-10(14)6-11(12)13(15)18/h2-3,6,8-9,16H,4-5,7H2,1H3,(H2,15,18). The van der Waals surface area contributed by atoms with E-state index in [9.17, 15) is 0 Å². The number of benzene rings is 1. The van der Waals surface area contributed by atoms with Crippen molar-refractivity contribution in [2.24, 2.45) is 11.7 Å². The maximum absolute atomic E-state index is 5.74. The van der Waals surface area contributed by atoms with Crippen LogP contribution >= 0.6 is 28.1 Å². The molecule has 1 saturated heterocycles. The van der Waals surface area contributed by atoms with E-state index in [0.717, 1.165) is 35.3 Å². The Labute approximate surface area is 121 Å². The van der Waals surface area contributed by atoms with Crippen molar-refractivity contribution in [2.45, 2.75) is 19.4 Å². The lowest BCUT2D eigenvalue weighted by Gasteiger charge is -2.17. The summed E-state index contributed by atoms with van der Waals surface area (Å²) in [6.07, 6.45) is 1.42. The van der Waals surface area contributed by atoms with E-state index in [-0.39, 0.29) is 0 Å². The van der Waals surface area contributed by atoms with Gasteiger partial charge in [-0.2, -0.15) is 0 Å². The van der Waals surface area contributed by atoms with Crippen LogP contribution in [0.4, 0.5) is 5.69 Å². The van der Waals surface area contributed by atoms with Crippen molar-refractivity contribution in [1.82, 2.24) is 0 Å². The Morgan fingerprint density at radius 1 is 1.61 bits per heavy atom. The van der Waals surface area contributed by atoms with E-state index in [1.165, 1.54) is 0 Å². The third-order valence-corrected chi connectivity index (χ3v) is 4.05. The molecular weight excluding hydrogens is 312 g/mol. The zero-order chi connectivity index (χ0) is 13.1. The molecule has 3 nitrogen and oxygen atoms in total. The fraction of sp³-hybridized carbons (Fsp3) is 0.462. The van der Waals surface area contributed by atoms with E-state index >= 15 is 0 Å². The van der Waals surface area contributed by atoms with E-state index in [1.54, 1.807) is 0 Å².